The average molecular weight is 348 g/mol. The van der Waals surface area contributed by atoms with Gasteiger partial charge in [0.25, 0.3) is 0 Å². The Morgan fingerprint density at radius 1 is 1.35 bits per heavy atom. The Kier molecular flexibility index (Phi) is 8.57. The molecule has 0 spiro atoms. The number of hydrogen-bond acceptors (Lipinski definition) is 2. The summed E-state index contributed by atoms with van der Waals surface area (Å²) in [5.41, 5.74) is -0.446. The quantitative estimate of drug-likeness (QED) is 0.435. The van der Waals surface area contributed by atoms with Gasteiger partial charge in [-0.3, -0.25) is 9.59 Å². The molecule has 1 fully saturated rings. The van der Waals surface area contributed by atoms with Crippen molar-refractivity contribution in [3.05, 3.63) is 0 Å². The van der Waals surface area contributed by atoms with Crippen molar-refractivity contribution in [3.63, 3.8) is 0 Å². The lowest BCUT2D eigenvalue weighted by Crippen LogP contribution is -3.00. The van der Waals surface area contributed by atoms with Gasteiger partial charge in [-0.25, -0.2) is 0 Å². The average Bonchev–Trinajstić information content (AvgIpc) is 2.79. The van der Waals surface area contributed by atoms with Crippen LogP contribution >= 0.6 is 0 Å². The molecule has 0 saturated carbocycles. The first kappa shape index (κ1) is 22.2. The van der Waals surface area contributed by atoms with E-state index in [9.17, 15) is 9.59 Å². The summed E-state index contributed by atoms with van der Waals surface area (Å²) in [6, 6.07) is 0.127. The Balaban J connectivity index is 0.00000484. The molecule has 1 aliphatic heterocycles. The maximum Gasteiger partial charge on any atom is 0.225 e. The van der Waals surface area contributed by atoms with Crippen molar-refractivity contribution in [2.75, 3.05) is 40.8 Å². The van der Waals surface area contributed by atoms with E-state index in [-0.39, 0.29) is 30.3 Å². The summed E-state index contributed by atoms with van der Waals surface area (Å²) in [4.78, 5) is 26.1. The maximum absolute atomic E-state index is 12.4. The van der Waals surface area contributed by atoms with E-state index < -0.39 is 5.41 Å². The number of amides is 2. The molecule has 0 aliphatic carbocycles. The van der Waals surface area contributed by atoms with Crippen LogP contribution in [0.25, 0.3) is 0 Å². The Labute approximate surface area is 147 Å². The second-order valence-electron chi connectivity index (χ2n) is 8.25. The lowest BCUT2D eigenvalue weighted by molar-refractivity contribution is -0.870. The molecule has 0 aromatic rings. The summed E-state index contributed by atoms with van der Waals surface area (Å²) in [7, 11) is 6.46. The van der Waals surface area contributed by atoms with Crippen LogP contribution in [0.2, 0.25) is 0 Å². The van der Waals surface area contributed by atoms with Crippen LogP contribution in [0.4, 0.5) is 0 Å². The third-order valence-corrected chi connectivity index (χ3v) is 4.35. The highest BCUT2D eigenvalue weighted by Gasteiger charge is 2.34. The number of quaternary nitrogens is 1. The number of carbonyl (C=O) groups is 2. The van der Waals surface area contributed by atoms with Crippen molar-refractivity contribution in [2.24, 2.45) is 5.41 Å². The molecule has 136 valence electrons. The molecule has 23 heavy (non-hydrogen) atoms. The van der Waals surface area contributed by atoms with Crippen molar-refractivity contribution >= 4 is 11.8 Å². The molecule has 6 heteroatoms. The van der Waals surface area contributed by atoms with Crippen LogP contribution in [0.3, 0.4) is 0 Å². The van der Waals surface area contributed by atoms with E-state index in [1.165, 1.54) is 0 Å². The fraction of sp³-hybridized carbons (Fsp3) is 0.882. The third-order valence-electron chi connectivity index (χ3n) is 4.35. The van der Waals surface area contributed by atoms with Crippen molar-refractivity contribution in [3.8, 4) is 0 Å². The fourth-order valence-corrected chi connectivity index (χ4v) is 3.07. The zero-order valence-electron chi connectivity index (χ0n) is 15.6. The molecule has 0 aromatic carbocycles. The predicted molar refractivity (Wildman–Crippen MR) is 89.3 cm³/mol. The Hall–Kier alpha value is -0.810. The van der Waals surface area contributed by atoms with E-state index in [0.717, 1.165) is 37.0 Å². The van der Waals surface area contributed by atoms with Gasteiger partial charge in [-0.1, -0.05) is 13.8 Å². The molecule has 0 aromatic heterocycles. The molecule has 1 aliphatic rings. The number of likely N-dealkylation sites (tertiary alicyclic amines) is 1. The van der Waals surface area contributed by atoms with Gasteiger partial charge < -0.3 is 27.1 Å². The Morgan fingerprint density at radius 2 is 1.96 bits per heavy atom. The molecule has 1 heterocycles. The van der Waals surface area contributed by atoms with Crippen LogP contribution in [-0.4, -0.2) is 68.0 Å². The van der Waals surface area contributed by atoms with Crippen LogP contribution in [0.5, 0.6) is 0 Å². The minimum atomic E-state index is -0.446. The summed E-state index contributed by atoms with van der Waals surface area (Å²) in [6.07, 6.45) is 3.29. The predicted octanol–water partition coefficient (Wildman–Crippen LogP) is -1.37. The largest absolute Gasteiger partial charge is 1.00 e. The topological polar surface area (TPSA) is 49.4 Å². The van der Waals surface area contributed by atoms with Crippen molar-refractivity contribution in [1.29, 1.82) is 0 Å². The van der Waals surface area contributed by atoms with Gasteiger partial charge in [0.05, 0.1) is 27.7 Å². The van der Waals surface area contributed by atoms with Crippen LogP contribution in [0.15, 0.2) is 0 Å². The molecule has 0 bridgehead atoms. The van der Waals surface area contributed by atoms with Crippen molar-refractivity contribution in [1.82, 2.24) is 10.2 Å². The number of hydrogen-bond donors (Lipinski definition) is 1. The van der Waals surface area contributed by atoms with Crippen molar-refractivity contribution < 1.29 is 26.5 Å². The monoisotopic (exact) mass is 347 g/mol. The summed E-state index contributed by atoms with van der Waals surface area (Å²) in [5, 5.41) is 3.05. The Bertz CT molecular complexity index is 405. The van der Waals surface area contributed by atoms with Crippen molar-refractivity contribution in [2.45, 2.75) is 52.5 Å². The second kappa shape index (κ2) is 8.88. The first-order chi connectivity index (χ1) is 10.0. The van der Waals surface area contributed by atoms with Gasteiger partial charge in [0, 0.05) is 37.4 Å². The number of rotatable bonds is 8. The van der Waals surface area contributed by atoms with E-state index >= 15 is 0 Å². The van der Waals surface area contributed by atoms with Gasteiger partial charge in [-0.2, -0.15) is 0 Å². The molecule has 2 amide bonds. The normalized spacial score (nSPS) is 17.0. The highest BCUT2D eigenvalue weighted by atomic mass is 35.5. The molecule has 0 radical (unpaired) electrons. The van der Waals surface area contributed by atoms with Gasteiger partial charge in [-0.05, 0) is 19.8 Å². The molecule has 5 nitrogen and oxygen atoms in total. The minimum Gasteiger partial charge on any atom is -1.00 e. The SMILES string of the molecule is CC(CC(C)(C)C(=O)NCCC[N+](C)(C)C)N1CCCC1=O.[Cl-]. The number of halogens is 1. The molecule has 1 N–H and O–H groups in total. The van der Waals surface area contributed by atoms with E-state index in [0.29, 0.717) is 12.8 Å². The van der Waals surface area contributed by atoms with Gasteiger partial charge in [-0.15, -0.1) is 0 Å². The number of carbonyl (C=O) groups excluding carboxylic acids is 2. The van der Waals surface area contributed by atoms with Crippen LogP contribution < -0.4 is 17.7 Å². The Morgan fingerprint density at radius 3 is 2.43 bits per heavy atom. The van der Waals surface area contributed by atoms with Gasteiger partial charge in [0.15, 0.2) is 0 Å². The molecular weight excluding hydrogens is 314 g/mol. The molecular formula is C17H34ClN3O2. The summed E-state index contributed by atoms with van der Waals surface area (Å²) >= 11 is 0. The van der Waals surface area contributed by atoms with Gasteiger partial charge in [0.1, 0.15) is 0 Å². The number of nitrogens with one attached hydrogen (secondary N) is 1. The fourth-order valence-electron chi connectivity index (χ4n) is 3.07. The van der Waals surface area contributed by atoms with Crippen LogP contribution in [0.1, 0.15) is 46.5 Å². The standard InChI is InChI=1S/C17H33N3O2.ClH/c1-14(19-11-7-9-15(19)21)13-17(2,3)16(22)18-10-8-12-20(4,5)6;/h14H,7-13H2,1-6H3;1H. The summed E-state index contributed by atoms with van der Waals surface area (Å²) in [5.74, 6) is 0.319. The lowest BCUT2D eigenvalue weighted by atomic mass is 9.84. The summed E-state index contributed by atoms with van der Waals surface area (Å²) < 4.78 is 0.910. The molecule has 1 rings (SSSR count). The summed E-state index contributed by atoms with van der Waals surface area (Å²) in [6.45, 7) is 8.59. The zero-order valence-corrected chi connectivity index (χ0v) is 16.4. The maximum atomic E-state index is 12.4. The van der Waals surface area contributed by atoms with Gasteiger partial charge in [0.2, 0.25) is 11.8 Å². The highest BCUT2D eigenvalue weighted by Crippen LogP contribution is 2.27. The third kappa shape index (κ3) is 7.53. The first-order valence-corrected chi connectivity index (χ1v) is 8.41. The van der Waals surface area contributed by atoms with E-state index in [1.54, 1.807) is 0 Å². The minimum absolute atomic E-state index is 0. The molecule has 1 atom stereocenters. The molecule has 1 unspecified atom stereocenters. The van der Waals surface area contributed by atoms with E-state index in [2.05, 4.69) is 33.4 Å². The lowest BCUT2D eigenvalue weighted by Gasteiger charge is -2.32. The molecule has 1 saturated heterocycles. The zero-order chi connectivity index (χ0) is 17.0. The first-order valence-electron chi connectivity index (χ1n) is 8.41. The van der Waals surface area contributed by atoms with Crippen LogP contribution in [0, 0.1) is 5.41 Å². The smallest absolute Gasteiger partial charge is 0.225 e. The van der Waals surface area contributed by atoms with Gasteiger partial charge >= 0.3 is 0 Å². The van der Waals surface area contributed by atoms with E-state index in [4.69, 9.17) is 0 Å². The second-order valence-corrected chi connectivity index (χ2v) is 8.25. The highest BCUT2D eigenvalue weighted by molar-refractivity contribution is 5.82. The number of nitrogens with zero attached hydrogens (tertiary/aromatic N) is 2. The van der Waals surface area contributed by atoms with E-state index in [1.807, 2.05) is 18.7 Å². The van der Waals surface area contributed by atoms with Crippen LogP contribution in [-0.2, 0) is 9.59 Å².